The van der Waals surface area contributed by atoms with Crippen molar-refractivity contribution < 1.29 is 4.79 Å². The first kappa shape index (κ1) is 35.3. The zero-order valence-electron chi connectivity index (χ0n) is 26.4. The fourth-order valence-corrected chi connectivity index (χ4v) is 6.04. The molecule has 0 spiro atoms. The number of hydrogen-bond donors (Lipinski definition) is 0. The first-order valence-corrected chi connectivity index (χ1v) is 17.8. The van der Waals surface area contributed by atoms with Crippen molar-refractivity contribution in [2.75, 3.05) is 26.2 Å². The lowest BCUT2D eigenvalue weighted by Crippen LogP contribution is -2.33. The molecular formula is C35H70N2O. The van der Waals surface area contributed by atoms with Gasteiger partial charge in [-0.3, -0.25) is 0 Å². The maximum atomic E-state index is 12.7. The topological polar surface area (TPSA) is 23.6 Å². The Balaban J connectivity index is 1.82. The van der Waals surface area contributed by atoms with Gasteiger partial charge in [-0.15, -0.1) is 0 Å². The van der Waals surface area contributed by atoms with Gasteiger partial charge in [0.15, 0.2) is 0 Å². The normalized spacial score (nSPS) is 13.8. The summed E-state index contributed by atoms with van der Waals surface area (Å²) in [5.41, 5.74) is 0. The van der Waals surface area contributed by atoms with E-state index < -0.39 is 0 Å². The molecule has 2 amide bonds. The second-order valence-electron chi connectivity index (χ2n) is 12.4. The summed E-state index contributed by atoms with van der Waals surface area (Å²) in [5, 5.41) is 0. The van der Waals surface area contributed by atoms with E-state index in [0.717, 1.165) is 26.2 Å². The van der Waals surface area contributed by atoms with Crippen LogP contribution in [0.15, 0.2) is 0 Å². The highest BCUT2D eigenvalue weighted by atomic mass is 16.2. The van der Waals surface area contributed by atoms with Gasteiger partial charge in [-0.25, -0.2) is 4.79 Å². The Morgan fingerprint density at radius 2 is 0.579 bits per heavy atom. The number of rotatable bonds is 30. The van der Waals surface area contributed by atoms with E-state index in [1.807, 2.05) is 0 Å². The van der Waals surface area contributed by atoms with Crippen LogP contribution >= 0.6 is 0 Å². The molecular weight excluding hydrogens is 464 g/mol. The van der Waals surface area contributed by atoms with Crippen molar-refractivity contribution >= 4 is 6.03 Å². The molecule has 38 heavy (non-hydrogen) atoms. The maximum absolute atomic E-state index is 12.7. The quantitative estimate of drug-likeness (QED) is 0.0840. The average molecular weight is 535 g/mol. The zero-order valence-corrected chi connectivity index (χ0v) is 26.4. The van der Waals surface area contributed by atoms with E-state index in [2.05, 4.69) is 23.6 Å². The van der Waals surface area contributed by atoms with Crippen LogP contribution in [-0.4, -0.2) is 42.0 Å². The van der Waals surface area contributed by atoms with Crippen LogP contribution in [0.3, 0.4) is 0 Å². The van der Waals surface area contributed by atoms with E-state index in [4.69, 9.17) is 0 Å². The third-order valence-corrected chi connectivity index (χ3v) is 8.74. The smallest absolute Gasteiger partial charge is 0.320 e. The highest BCUT2D eigenvalue weighted by Gasteiger charge is 2.26. The van der Waals surface area contributed by atoms with Crippen LogP contribution in [-0.2, 0) is 0 Å². The molecule has 0 aromatic heterocycles. The number of nitrogens with zero attached hydrogens (tertiary/aromatic N) is 2. The molecule has 0 aromatic rings. The predicted octanol–water partition coefficient (Wildman–Crippen LogP) is 11.7. The number of amides is 2. The van der Waals surface area contributed by atoms with Crippen LogP contribution in [0.5, 0.6) is 0 Å². The second-order valence-corrected chi connectivity index (χ2v) is 12.4. The van der Waals surface area contributed by atoms with E-state index in [1.54, 1.807) is 0 Å². The van der Waals surface area contributed by atoms with Crippen molar-refractivity contribution in [2.45, 2.75) is 194 Å². The molecule has 0 N–H and O–H groups in total. The van der Waals surface area contributed by atoms with Gasteiger partial charge in [0.25, 0.3) is 0 Å². The molecule has 226 valence electrons. The summed E-state index contributed by atoms with van der Waals surface area (Å²) < 4.78 is 0. The second kappa shape index (κ2) is 27.8. The van der Waals surface area contributed by atoms with Gasteiger partial charge >= 0.3 is 6.03 Å². The van der Waals surface area contributed by atoms with E-state index in [1.165, 1.54) is 180 Å². The first-order chi connectivity index (χ1) is 18.8. The minimum absolute atomic E-state index is 0.314. The molecule has 1 aliphatic heterocycles. The van der Waals surface area contributed by atoms with Crippen LogP contribution in [0, 0.1) is 0 Å². The fraction of sp³-hybridized carbons (Fsp3) is 0.971. The van der Waals surface area contributed by atoms with Crippen molar-refractivity contribution in [3.05, 3.63) is 0 Å². The molecule has 3 nitrogen and oxygen atoms in total. The fourth-order valence-electron chi connectivity index (χ4n) is 6.04. The van der Waals surface area contributed by atoms with Crippen molar-refractivity contribution in [3.8, 4) is 0 Å². The van der Waals surface area contributed by atoms with Crippen molar-refractivity contribution in [1.82, 2.24) is 9.80 Å². The highest BCUT2D eigenvalue weighted by Crippen LogP contribution is 2.16. The van der Waals surface area contributed by atoms with E-state index in [0.29, 0.717) is 6.03 Å². The van der Waals surface area contributed by atoms with Gasteiger partial charge in [0, 0.05) is 26.2 Å². The summed E-state index contributed by atoms with van der Waals surface area (Å²) in [6.07, 6.45) is 39.0. The Bertz CT molecular complexity index is 452. The molecule has 0 aromatic carbocycles. The number of unbranched alkanes of at least 4 members (excludes halogenated alkanes) is 26. The number of carbonyl (C=O) groups is 1. The van der Waals surface area contributed by atoms with Crippen molar-refractivity contribution in [1.29, 1.82) is 0 Å². The SMILES string of the molecule is CCCCCCCCCCCCCCCCN1CCN(CCCCCCCCCCCCCCCC)C1=O. The van der Waals surface area contributed by atoms with Gasteiger partial charge in [-0.2, -0.15) is 0 Å². The van der Waals surface area contributed by atoms with Gasteiger partial charge in [-0.05, 0) is 12.8 Å². The lowest BCUT2D eigenvalue weighted by molar-refractivity contribution is 0.190. The molecule has 0 unspecified atom stereocenters. The molecule has 1 heterocycles. The molecule has 1 saturated heterocycles. The van der Waals surface area contributed by atoms with Gasteiger partial charge in [0.2, 0.25) is 0 Å². The first-order valence-electron chi connectivity index (χ1n) is 17.8. The standard InChI is InChI=1S/C35H70N2O/c1-3-5-7-9-11-13-15-17-19-21-23-25-27-29-31-36-33-34-37(35(36)38)32-30-28-26-24-22-20-18-16-14-12-10-8-6-4-2/h3-34H2,1-2H3. The van der Waals surface area contributed by atoms with E-state index in [9.17, 15) is 4.79 Å². The minimum atomic E-state index is 0.314. The zero-order chi connectivity index (χ0) is 27.4. The monoisotopic (exact) mass is 535 g/mol. The van der Waals surface area contributed by atoms with E-state index >= 15 is 0 Å². The Labute approximate surface area is 240 Å². The van der Waals surface area contributed by atoms with E-state index in [-0.39, 0.29) is 0 Å². The summed E-state index contributed by atoms with van der Waals surface area (Å²) in [6.45, 7) is 8.45. The number of urea groups is 1. The molecule has 3 heteroatoms. The van der Waals surface area contributed by atoms with Gasteiger partial charge in [-0.1, -0.05) is 181 Å². The molecule has 0 aliphatic carbocycles. The minimum Gasteiger partial charge on any atom is -0.323 e. The molecule has 0 radical (unpaired) electrons. The van der Waals surface area contributed by atoms with Crippen LogP contribution < -0.4 is 0 Å². The van der Waals surface area contributed by atoms with Crippen LogP contribution in [0.1, 0.15) is 194 Å². The largest absolute Gasteiger partial charge is 0.323 e. The third-order valence-electron chi connectivity index (χ3n) is 8.74. The predicted molar refractivity (Wildman–Crippen MR) is 169 cm³/mol. The Hall–Kier alpha value is -0.730. The molecule has 1 fully saturated rings. The molecule has 0 saturated carbocycles. The summed E-state index contributed by atoms with van der Waals surface area (Å²) in [6, 6.07) is 0.314. The molecule has 0 atom stereocenters. The summed E-state index contributed by atoms with van der Waals surface area (Å²) >= 11 is 0. The van der Waals surface area contributed by atoms with Crippen molar-refractivity contribution in [3.63, 3.8) is 0 Å². The van der Waals surface area contributed by atoms with Crippen LogP contribution in [0.2, 0.25) is 0 Å². The summed E-state index contributed by atoms with van der Waals surface area (Å²) in [5.74, 6) is 0. The van der Waals surface area contributed by atoms with Gasteiger partial charge in [0.05, 0.1) is 0 Å². The number of carbonyl (C=O) groups excluding carboxylic acids is 1. The highest BCUT2D eigenvalue weighted by molar-refractivity contribution is 5.76. The Kier molecular flexibility index (Phi) is 25.8. The van der Waals surface area contributed by atoms with Crippen molar-refractivity contribution in [2.24, 2.45) is 0 Å². The van der Waals surface area contributed by atoms with Crippen LogP contribution in [0.4, 0.5) is 4.79 Å². The molecule has 0 bridgehead atoms. The summed E-state index contributed by atoms with van der Waals surface area (Å²) in [4.78, 5) is 16.9. The molecule has 1 aliphatic rings. The third kappa shape index (κ3) is 21.1. The Morgan fingerprint density at radius 1 is 0.368 bits per heavy atom. The summed E-state index contributed by atoms with van der Waals surface area (Å²) in [7, 11) is 0. The lowest BCUT2D eigenvalue weighted by Gasteiger charge is -2.18. The van der Waals surface area contributed by atoms with Gasteiger partial charge < -0.3 is 9.80 Å². The van der Waals surface area contributed by atoms with Gasteiger partial charge in [0.1, 0.15) is 0 Å². The molecule has 1 rings (SSSR count). The lowest BCUT2D eigenvalue weighted by atomic mass is 10.0. The maximum Gasteiger partial charge on any atom is 0.320 e. The number of hydrogen-bond acceptors (Lipinski definition) is 1. The average Bonchev–Trinajstić information content (AvgIpc) is 3.27. The van der Waals surface area contributed by atoms with Crippen LogP contribution in [0.25, 0.3) is 0 Å². The Morgan fingerprint density at radius 3 is 0.816 bits per heavy atom.